The lowest BCUT2D eigenvalue weighted by molar-refractivity contribution is -0.0207. The van der Waals surface area contributed by atoms with E-state index >= 15 is 0 Å². The average molecular weight is 509 g/mol. The molecule has 2 rings (SSSR count). The highest BCUT2D eigenvalue weighted by atomic mass is 31.2. The zero-order chi connectivity index (χ0) is 26.3. The Bertz CT molecular complexity index is 1010. The molecule has 9 nitrogen and oxygen atoms in total. The number of hydrogen-bond acceptors (Lipinski definition) is 7. The largest absolute Gasteiger partial charge is 0.352 e. The maximum Gasteiger partial charge on any atom is 0.333 e. The van der Waals surface area contributed by atoms with Crippen molar-refractivity contribution in [2.75, 3.05) is 6.61 Å². The lowest BCUT2D eigenvalue weighted by Crippen LogP contribution is -2.41. The third kappa shape index (κ3) is 7.58. The van der Waals surface area contributed by atoms with Crippen molar-refractivity contribution >= 4 is 8.53 Å². The number of allylic oxidation sites excluding steroid dienone is 2. The molecule has 4 atom stereocenters. The third-order valence-electron chi connectivity index (χ3n) is 5.83. The summed E-state index contributed by atoms with van der Waals surface area (Å²) in [6.07, 6.45) is 3.84. The zero-order valence-corrected chi connectivity index (χ0v) is 23.2. The van der Waals surface area contributed by atoms with Crippen molar-refractivity contribution < 1.29 is 13.8 Å². The fourth-order valence-corrected chi connectivity index (χ4v) is 5.91. The summed E-state index contributed by atoms with van der Waals surface area (Å²) in [5.74, 6) is 0. The Morgan fingerprint density at radius 1 is 1.31 bits per heavy atom. The van der Waals surface area contributed by atoms with Crippen LogP contribution >= 0.6 is 8.53 Å². The SMILES string of the molecule is CC[C@H]1O[C@@H](n2cc(C)c(=O)n(CC=C(C)C)c2=O)C[C@H]1OP(OCCC#N)N(C(C)C)C(C)C. The van der Waals surface area contributed by atoms with Gasteiger partial charge in [0.15, 0.2) is 0 Å². The number of hydrogen-bond donors (Lipinski definition) is 0. The van der Waals surface area contributed by atoms with E-state index in [0.29, 0.717) is 25.0 Å². The highest BCUT2D eigenvalue weighted by molar-refractivity contribution is 7.44. The molecular formula is C25H41N4O5P. The lowest BCUT2D eigenvalue weighted by atomic mass is 10.1. The Morgan fingerprint density at radius 2 is 1.97 bits per heavy atom. The van der Waals surface area contributed by atoms with Crippen LogP contribution < -0.4 is 11.2 Å². The second-order valence-corrected chi connectivity index (χ2v) is 11.1. The number of rotatable bonds is 12. The van der Waals surface area contributed by atoms with Crippen molar-refractivity contribution in [2.24, 2.45) is 0 Å². The molecule has 196 valence electrons. The first-order valence-corrected chi connectivity index (χ1v) is 13.5. The fourth-order valence-electron chi connectivity index (χ4n) is 4.15. The van der Waals surface area contributed by atoms with E-state index in [1.807, 2.05) is 26.8 Å². The molecule has 1 fully saturated rings. The van der Waals surface area contributed by atoms with E-state index in [1.54, 1.807) is 13.1 Å². The van der Waals surface area contributed by atoms with Crippen molar-refractivity contribution in [3.05, 3.63) is 44.2 Å². The predicted molar refractivity (Wildman–Crippen MR) is 138 cm³/mol. The Kier molecular flexibility index (Phi) is 11.3. The molecule has 0 saturated carbocycles. The molecular weight excluding hydrogens is 467 g/mol. The van der Waals surface area contributed by atoms with Crippen molar-refractivity contribution in [3.8, 4) is 6.07 Å². The lowest BCUT2D eigenvalue weighted by Gasteiger charge is -2.37. The number of nitriles is 1. The topological polar surface area (TPSA) is 98.7 Å². The molecule has 35 heavy (non-hydrogen) atoms. The zero-order valence-electron chi connectivity index (χ0n) is 22.4. The highest BCUT2D eigenvalue weighted by Crippen LogP contribution is 2.50. The number of nitrogens with zero attached hydrogens (tertiary/aromatic N) is 4. The van der Waals surface area contributed by atoms with Gasteiger partial charge in [0.05, 0.1) is 31.3 Å². The summed E-state index contributed by atoms with van der Waals surface area (Å²) in [5.41, 5.74) is 0.837. The smallest absolute Gasteiger partial charge is 0.333 e. The molecule has 1 aromatic heterocycles. The van der Waals surface area contributed by atoms with Crippen molar-refractivity contribution in [3.63, 3.8) is 0 Å². The summed E-state index contributed by atoms with van der Waals surface area (Å²) >= 11 is 0. The molecule has 2 heterocycles. The van der Waals surface area contributed by atoms with E-state index in [0.717, 1.165) is 5.57 Å². The molecule has 1 aliphatic rings. The molecule has 1 unspecified atom stereocenters. The molecule has 1 aromatic rings. The van der Waals surface area contributed by atoms with E-state index in [9.17, 15) is 9.59 Å². The van der Waals surface area contributed by atoms with E-state index in [-0.39, 0.29) is 42.8 Å². The predicted octanol–water partition coefficient (Wildman–Crippen LogP) is 4.64. The van der Waals surface area contributed by atoms with Gasteiger partial charge < -0.3 is 13.8 Å². The minimum atomic E-state index is -1.43. The number of aryl methyl sites for hydroxylation is 1. The first kappa shape index (κ1) is 29.4. The molecule has 0 amide bonds. The molecule has 0 N–H and O–H groups in total. The first-order chi connectivity index (χ1) is 16.5. The van der Waals surface area contributed by atoms with Gasteiger partial charge in [-0.1, -0.05) is 18.6 Å². The maximum absolute atomic E-state index is 13.2. The molecule has 1 saturated heterocycles. The van der Waals surface area contributed by atoms with Gasteiger partial charge in [0.1, 0.15) is 6.23 Å². The number of aromatic nitrogens is 2. The first-order valence-electron chi connectivity index (χ1n) is 12.4. The third-order valence-corrected chi connectivity index (χ3v) is 7.99. The van der Waals surface area contributed by atoms with Gasteiger partial charge in [-0.25, -0.2) is 9.46 Å². The molecule has 10 heteroatoms. The summed E-state index contributed by atoms with van der Waals surface area (Å²) < 4.78 is 23.8. The fraction of sp³-hybridized carbons (Fsp3) is 0.720. The van der Waals surface area contributed by atoms with E-state index in [2.05, 4.69) is 38.4 Å². The molecule has 1 aliphatic heterocycles. The van der Waals surface area contributed by atoms with Crippen molar-refractivity contribution in [1.82, 2.24) is 13.8 Å². The van der Waals surface area contributed by atoms with Crippen LogP contribution in [0.5, 0.6) is 0 Å². The average Bonchev–Trinajstić information content (AvgIpc) is 3.18. The Balaban J connectivity index is 2.35. The summed E-state index contributed by atoms with van der Waals surface area (Å²) in [6.45, 7) is 16.5. The monoisotopic (exact) mass is 508 g/mol. The highest BCUT2D eigenvalue weighted by Gasteiger charge is 2.40. The van der Waals surface area contributed by atoms with Gasteiger partial charge >= 0.3 is 5.69 Å². The molecule has 0 radical (unpaired) electrons. The minimum Gasteiger partial charge on any atom is -0.352 e. The molecule has 0 bridgehead atoms. The Labute approximate surface area is 210 Å². The number of ether oxygens (including phenoxy) is 1. The molecule has 0 aromatic carbocycles. The molecule has 0 spiro atoms. The van der Waals surface area contributed by atoms with Crippen LogP contribution in [0.1, 0.15) is 79.5 Å². The van der Waals surface area contributed by atoms with Gasteiger partial charge in [-0.15, -0.1) is 0 Å². The van der Waals surface area contributed by atoms with Crippen molar-refractivity contribution in [2.45, 2.75) is 112 Å². The summed E-state index contributed by atoms with van der Waals surface area (Å²) in [6, 6.07) is 2.49. The second kappa shape index (κ2) is 13.5. The van der Waals surface area contributed by atoms with E-state index < -0.39 is 20.4 Å². The van der Waals surface area contributed by atoms with Crippen LogP contribution in [0.3, 0.4) is 0 Å². The Morgan fingerprint density at radius 3 is 2.51 bits per heavy atom. The van der Waals surface area contributed by atoms with E-state index in [1.165, 1.54) is 9.13 Å². The van der Waals surface area contributed by atoms with Gasteiger partial charge in [0.25, 0.3) is 14.1 Å². The maximum atomic E-state index is 13.2. The summed E-state index contributed by atoms with van der Waals surface area (Å²) in [5, 5.41) is 8.96. The molecule has 0 aliphatic carbocycles. The van der Waals surface area contributed by atoms with Gasteiger partial charge in [0, 0.05) is 36.8 Å². The van der Waals surface area contributed by atoms with Gasteiger partial charge in [0.2, 0.25) is 0 Å². The van der Waals surface area contributed by atoms with Crippen molar-refractivity contribution in [1.29, 1.82) is 5.26 Å². The second-order valence-electron chi connectivity index (χ2n) is 9.66. The van der Waals surface area contributed by atoms with Gasteiger partial charge in [-0.2, -0.15) is 5.26 Å². The van der Waals surface area contributed by atoms with Crippen LogP contribution in [-0.4, -0.2) is 44.7 Å². The van der Waals surface area contributed by atoms with Crippen LogP contribution in [0.25, 0.3) is 0 Å². The normalized spacial score (nSPS) is 21.0. The summed E-state index contributed by atoms with van der Waals surface area (Å²) in [7, 11) is -1.43. The van der Waals surface area contributed by atoms with Crippen LogP contribution in [0.2, 0.25) is 0 Å². The minimum absolute atomic E-state index is 0.185. The quantitative estimate of drug-likeness (QED) is 0.230. The Hall–Kier alpha value is -1.82. The van der Waals surface area contributed by atoms with E-state index in [4.69, 9.17) is 19.0 Å². The van der Waals surface area contributed by atoms with Crippen LogP contribution in [0, 0.1) is 18.3 Å². The van der Waals surface area contributed by atoms with Gasteiger partial charge in [-0.05, 0) is 54.9 Å². The summed E-state index contributed by atoms with van der Waals surface area (Å²) in [4.78, 5) is 25.9. The van der Waals surface area contributed by atoms with Gasteiger partial charge in [-0.3, -0.25) is 13.9 Å². The van der Waals surface area contributed by atoms with Crippen LogP contribution in [-0.2, 0) is 20.3 Å². The van der Waals surface area contributed by atoms with Crippen LogP contribution in [0.4, 0.5) is 0 Å². The standard InChI is InChI=1S/C25H41N4O5P/c1-9-21-22(34-35(32-14-10-12-26)29(18(4)5)19(6)7)15-23(33-21)28-16-20(8)24(30)27(25(28)31)13-11-17(2)3/h11,16,18-19,21-23H,9-10,13-15H2,1-8H3/t21-,22-,23-,35?/m1/s1. The van der Waals surface area contributed by atoms with Crippen LogP contribution in [0.15, 0.2) is 27.4 Å².